The molecule has 3 nitrogen and oxygen atoms in total. The molecule has 0 spiro atoms. The van der Waals surface area contributed by atoms with E-state index >= 15 is 0 Å². The maximum Gasteiger partial charge on any atom is 0.324 e. The molecule has 8 heteroatoms. The Morgan fingerprint density at radius 3 is 2.70 bits per heavy atom. The van der Waals surface area contributed by atoms with Crippen molar-refractivity contribution >= 4 is 22.8 Å². The van der Waals surface area contributed by atoms with Crippen molar-refractivity contribution in [3.63, 3.8) is 0 Å². The first-order chi connectivity index (χ1) is 9.36. The minimum Gasteiger partial charge on any atom is -0.306 e. The Kier molecular flexibility index (Phi) is 4.17. The van der Waals surface area contributed by atoms with Gasteiger partial charge in [0.05, 0.1) is 6.54 Å². The second kappa shape index (κ2) is 5.55. The molecule has 0 unspecified atom stereocenters. The molecule has 0 saturated carbocycles. The van der Waals surface area contributed by atoms with Crippen LogP contribution in [0.15, 0.2) is 12.3 Å². The number of fused-ring (bicyclic) bond motifs is 1. The number of hydrogen-bond donors (Lipinski definition) is 0. The Bertz CT molecular complexity index is 612. The van der Waals surface area contributed by atoms with Crippen LogP contribution in [0.3, 0.4) is 0 Å². The molecule has 0 radical (unpaired) electrons. The lowest BCUT2D eigenvalue weighted by Crippen LogP contribution is -2.32. The predicted molar refractivity (Wildman–Crippen MR) is 67.6 cm³/mol. The highest BCUT2D eigenvalue weighted by molar-refractivity contribution is 6.17. The molecule has 2 rings (SSSR count). The third-order valence-electron chi connectivity index (χ3n) is 2.92. The van der Waals surface area contributed by atoms with Crippen LogP contribution < -0.4 is 0 Å². The van der Waals surface area contributed by atoms with Crippen LogP contribution >= 0.6 is 11.6 Å². The van der Waals surface area contributed by atoms with Gasteiger partial charge in [-0.2, -0.15) is 8.78 Å². The molecule has 0 saturated heterocycles. The number of halogens is 5. The summed E-state index contributed by atoms with van der Waals surface area (Å²) in [6.45, 7) is 0.584. The van der Waals surface area contributed by atoms with Crippen molar-refractivity contribution in [2.75, 3.05) is 5.88 Å². The molecular formula is C12H12ClF4N3. The van der Waals surface area contributed by atoms with E-state index in [1.807, 2.05) is 0 Å². The summed E-state index contributed by atoms with van der Waals surface area (Å²) in [5.74, 6) is -3.75. The Hall–Kier alpha value is -1.37. The molecule has 0 aliphatic carbocycles. The summed E-state index contributed by atoms with van der Waals surface area (Å²) in [6, 6.07) is 1.68. The van der Waals surface area contributed by atoms with Gasteiger partial charge in [-0.05, 0) is 18.6 Å². The van der Waals surface area contributed by atoms with Crippen LogP contribution in [0, 0.1) is 6.92 Å². The van der Waals surface area contributed by atoms with Gasteiger partial charge in [-0.1, -0.05) is 0 Å². The average molecular weight is 310 g/mol. The number of rotatable bonds is 5. The lowest BCUT2D eigenvalue weighted by Gasteiger charge is -2.17. The van der Waals surface area contributed by atoms with Crippen molar-refractivity contribution in [1.82, 2.24) is 14.5 Å². The number of nitrogens with zero attached hydrogens (tertiary/aromatic N) is 3. The van der Waals surface area contributed by atoms with Gasteiger partial charge >= 0.3 is 12.3 Å². The molecule has 0 aliphatic heterocycles. The maximum absolute atomic E-state index is 13.3. The quantitative estimate of drug-likeness (QED) is 0.626. The van der Waals surface area contributed by atoms with E-state index in [0.717, 1.165) is 10.1 Å². The van der Waals surface area contributed by atoms with Crippen LogP contribution in [0.5, 0.6) is 0 Å². The molecule has 0 atom stereocenters. The number of alkyl halides is 5. The monoisotopic (exact) mass is 309 g/mol. The molecule has 2 heterocycles. The van der Waals surface area contributed by atoms with Crippen molar-refractivity contribution in [3.05, 3.63) is 23.7 Å². The van der Waals surface area contributed by atoms with E-state index < -0.39 is 18.9 Å². The van der Waals surface area contributed by atoms with Gasteiger partial charge in [0.15, 0.2) is 5.65 Å². The third-order valence-corrected chi connectivity index (χ3v) is 3.11. The van der Waals surface area contributed by atoms with Crippen LogP contribution in [0.4, 0.5) is 17.6 Å². The summed E-state index contributed by atoms with van der Waals surface area (Å²) < 4.78 is 52.4. The maximum atomic E-state index is 13.3. The first-order valence-corrected chi connectivity index (χ1v) is 6.43. The SMILES string of the molecule is Cc1ccnc2c1nc(CCCl)n2CC(F)(F)C(F)F. The zero-order valence-electron chi connectivity index (χ0n) is 10.6. The minimum atomic E-state index is -4.14. The van der Waals surface area contributed by atoms with E-state index in [0.29, 0.717) is 5.52 Å². The van der Waals surface area contributed by atoms with Crippen molar-refractivity contribution in [3.8, 4) is 0 Å². The highest BCUT2D eigenvalue weighted by Gasteiger charge is 2.42. The molecule has 0 amide bonds. The van der Waals surface area contributed by atoms with Gasteiger partial charge in [0, 0.05) is 18.5 Å². The molecule has 2 aromatic heterocycles. The van der Waals surface area contributed by atoms with Gasteiger partial charge in [-0.3, -0.25) is 0 Å². The largest absolute Gasteiger partial charge is 0.324 e. The Labute approximate surface area is 117 Å². The lowest BCUT2D eigenvalue weighted by atomic mass is 10.3. The summed E-state index contributed by atoms with van der Waals surface area (Å²) in [5, 5.41) is 0. The fourth-order valence-electron chi connectivity index (χ4n) is 1.90. The molecule has 2 aromatic rings. The normalized spacial score (nSPS) is 12.6. The van der Waals surface area contributed by atoms with Crippen molar-refractivity contribution in [1.29, 1.82) is 0 Å². The predicted octanol–water partition coefficient (Wildman–Crippen LogP) is 3.42. The van der Waals surface area contributed by atoms with Crippen LogP contribution in [0.25, 0.3) is 11.2 Å². The second-order valence-electron chi connectivity index (χ2n) is 4.41. The van der Waals surface area contributed by atoms with E-state index in [4.69, 9.17) is 11.6 Å². The number of pyridine rings is 1. The van der Waals surface area contributed by atoms with E-state index in [2.05, 4.69) is 9.97 Å². The second-order valence-corrected chi connectivity index (χ2v) is 4.79. The van der Waals surface area contributed by atoms with E-state index in [-0.39, 0.29) is 23.8 Å². The van der Waals surface area contributed by atoms with Crippen molar-refractivity contribution in [2.45, 2.75) is 32.2 Å². The van der Waals surface area contributed by atoms with Gasteiger partial charge in [0.25, 0.3) is 0 Å². The smallest absolute Gasteiger partial charge is 0.306 e. The van der Waals surface area contributed by atoms with Gasteiger partial charge < -0.3 is 4.57 Å². The fraction of sp³-hybridized carbons (Fsp3) is 0.500. The number of aromatic nitrogens is 3. The molecule has 0 aliphatic rings. The van der Waals surface area contributed by atoms with Gasteiger partial charge in [0.2, 0.25) is 0 Å². The summed E-state index contributed by atoms with van der Waals surface area (Å²) in [7, 11) is 0. The highest BCUT2D eigenvalue weighted by Crippen LogP contribution is 2.28. The molecule has 0 aromatic carbocycles. The van der Waals surface area contributed by atoms with Crippen LogP contribution in [0.2, 0.25) is 0 Å². The summed E-state index contributed by atoms with van der Waals surface area (Å²) in [6.07, 6.45) is -2.11. The summed E-state index contributed by atoms with van der Waals surface area (Å²) in [4.78, 5) is 8.15. The molecule has 0 N–H and O–H groups in total. The fourth-order valence-corrected chi connectivity index (χ4v) is 2.07. The first-order valence-electron chi connectivity index (χ1n) is 5.89. The van der Waals surface area contributed by atoms with Crippen molar-refractivity contribution in [2.24, 2.45) is 0 Å². The van der Waals surface area contributed by atoms with Gasteiger partial charge in [0.1, 0.15) is 11.3 Å². The minimum absolute atomic E-state index is 0.155. The summed E-state index contributed by atoms with van der Waals surface area (Å²) >= 11 is 5.60. The number of hydrogen-bond acceptors (Lipinski definition) is 2. The van der Waals surface area contributed by atoms with Crippen LogP contribution in [0.1, 0.15) is 11.4 Å². The zero-order chi connectivity index (χ0) is 14.9. The topological polar surface area (TPSA) is 30.7 Å². The molecule has 0 fully saturated rings. The number of imidazole rings is 1. The summed E-state index contributed by atoms with van der Waals surface area (Å²) in [5.41, 5.74) is 1.34. The lowest BCUT2D eigenvalue weighted by molar-refractivity contribution is -0.137. The Morgan fingerprint density at radius 1 is 1.40 bits per heavy atom. The highest BCUT2D eigenvalue weighted by atomic mass is 35.5. The zero-order valence-corrected chi connectivity index (χ0v) is 11.3. The standard InChI is InChI=1S/C12H12ClF4N3/c1-7-3-5-18-10-9(7)19-8(2-4-13)20(10)6-12(16,17)11(14)15/h3,5,11H,2,4,6H2,1H3. The van der Waals surface area contributed by atoms with E-state index in [1.54, 1.807) is 13.0 Å². The molecule has 110 valence electrons. The Balaban J connectivity index is 2.54. The van der Waals surface area contributed by atoms with Crippen molar-refractivity contribution < 1.29 is 17.6 Å². The van der Waals surface area contributed by atoms with E-state index in [9.17, 15) is 17.6 Å². The Morgan fingerprint density at radius 2 is 2.10 bits per heavy atom. The van der Waals surface area contributed by atoms with Crippen LogP contribution in [-0.4, -0.2) is 32.8 Å². The molecule has 0 bridgehead atoms. The molecule has 20 heavy (non-hydrogen) atoms. The first kappa shape index (κ1) is 15.0. The molecular weight excluding hydrogens is 298 g/mol. The average Bonchev–Trinajstić information content (AvgIpc) is 2.69. The number of aryl methyl sites for hydroxylation is 2. The van der Waals surface area contributed by atoms with Crippen LogP contribution in [-0.2, 0) is 13.0 Å². The van der Waals surface area contributed by atoms with Gasteiger partial charge in [-0.15, -0.1) is 11.6 Å². The van der Waals surface area contributed by atoms with E-state index in [1.165, 1.54) is 6.20 Å². The third kappa shape index (κ3) is 2.72. The van der Waals surface area contributed by atoms with Gasteiger partial charge in [-0.25, -0.2) is 18.7 Å².